The molecule has 1 saturated heterocycles. The first-order valence-electron chi connectivity index (χ1n) is 10.4. The number of aromatic hydroxyl groups is 2. The second-order valence-corrected chi connectivity index (χ2v) is 8.40. The minimum absolute atomic E-state index is 0.102. The van der Waals surface area contributed by atoms with E-state index in [1.807, 2.05) is 11.9 Å². The molecule has 3 aromatic rings. The number of β-amino-alcohol motifs (C(OH)–C–C–N with tert-alkyl or cyclic N) is 1. The van der Waals surface area contributed by atoms with Crippen molar-refractivity contribution in [3.05, 3.63) is 68.1 Å². The molecule has 180 valence electrons. The van der Waals surface area contributed by atoms with Gasteiger partial charge in [-0.3, -0.25) is 4.79 Å². The van der Waals surface area contributed by atoms with Crippen LogP contribution in [0.3, 0.4) is 0 Å². The first kappa shape index (κ1) is 23.8. The minimum Gasteiger partial charge on any atom is -0.507 e. The molecule has 2 atom stereocenters. The molecule has 2 unspecified atom stereocenters. The highest BCUT2D eigenvalue weighted by atomic mass is 19.2. The molecule has 1 aliphatic heterocycles. The molecule has 0 spiro atoms. The number of rotatable bonds is 3. The van der Waals surface area contributed by atoms with Crippen molar-refractivity contribution >= 4 is 23.1 Å². The van der Waals surface area contributed by atoms with E-state index in [0.29, 0.717) is 25.6 Å². The lowest BCUT2D eigenvalue weighted by Gasteiger charge is -2.34. The molecule has 2 heterocycles. The smallest absolute Gasteiger partial charge is 0.197 e. The number of aliphatic hydroxyl groups is 1. The van der Waals surface area contributed by atoms with Gasteiger partial charge < -0.3 is 24.6 Å². The van der Waals surface area contributed by atoms with Crippen molar-refractivity contribution in [3.8, 4) is 11.5 Å². The van der Waals surface area contributed by atoms with E-state index in [0.717, 1.165) is 25.1 Å². The van der Waals surface area contributed by atoms with E-state index in [1.165, 1.54) is 0 Å². The molecular formula is C24H21F4NO5. The van der Waals surface area contributed by atoms with Crippen molar-refractivity contribution in [2.24, 2.45) is 0 Å². The summed E-state index contributed by atoms with van der Waals surface area (Å²) in [6, 6.07) is 1.90. The van der Waals surface area contributed by atoms with Crippen molar-refractivity contribution in [3.63, 3.8) is 0 Å². The van der Waals surface area contributed by atoms with E-state index in [-0.39, 0.29) is 22.3 Å². The fraction of sp³-hybridized carbons (Fsp3) is 0.292. The molecule has 2 aromatic carbocycles. The summed E-state index contributed by atoms with van der Waals surface area (Å²) in [4.78, 5) is 14.6. The number of hydrogen-bond donors (Lipinski definition) is 3. The Hall–Kier alpha value is -3.37. The molecule has 1 aromatic heterocycles. The quantitative estimate of drug-likeness (QED) is 0.388. The van der Waals surface area contributed by atoms with Gasteiger partial charge in [-0.25, -0.2) is 17.6 Å². The zero-order chi connectivity index (χ0) is 24.9. The average Bonchev–Trinajstić information content (AvgIpc) is 2.77. The van der Waals surface area contributed by atoms with Crippen LogP contribution in [0.5, 0.6) is 11.5 Å². The molecule has 0 aliphatic carbocycles. The molecule has 0 amide bonds. The lowest BCUT2D eigenvalue weighted by molar-refractivity contribution is 0.0630. The van der Waals surface area contributed by atoms with Crippen LogP contribution in [0.2, 0.25) is 0 Å². The maximum Gasteiger partial charge on any atom is 0.197 e. The Morgan fingerprint density at radius 2 is 1.68 bits per heavy atom. The fourth-order valence-corrected chi connectivity index (χ4v) is 4.28. The van der Waals surface area contributed by atoms with Gasteiger partial charge in [0.1, 0.15) is 28.2 Å². The van der Waals surface area contributed by atoms with E-state index in [1.54, 1.807) is 0 Å². The zero-order valence-electron chi connectivity index (χ0n) is 18.2. The van der Waals surface area contributed by atoms with E-state index in [4.69, 9.17) is 4.42 Å². The van der Waals surface area contributed by atoms with Crippen LogP contribution in [0.25, 0.3) is 23.1 Å². The number of halogens is 4. The van der Waals surface area contributed by atoms with Gasteiger partial charge in [-0.15, -0.1) is 0 Å². The van der Waals surface area contributed by atoms with Crippen molar-refractivity contribution in [2.45, 2.75) is 25.4 Å². The van der Waals surface area contributed by atoms with Gasteiger partial charge in [-0.2, -0.15) is 0 Å². The molecule has 0 saturated carbocycles. The Bertz CT molecular complexity index is 1360. The van der Waals surface area contributed by atoms with Gasteiger partial charge in [0, 0.05) is 35.7 Å². The summed E-state index contributed by atoms with van der Waals surface area (Å²) in [5.74, 6) is -8.16. The minimum atomic E-state index is -1.61. The fourth-order valence-electron chi connectivity index (χ4n) is 4.28. The number of likely N-dealkylation sites (N-methyl/N-ethyl adjacent to an activating group) is 1. The highest BCUT2D eigenvalue weighted by Gasteiger charge is 2.33. The van der Waals surface area contributed by atoms with Crippen LogP contribution in [0, 0.1) is 30.2 Å². The Morgan fingerprint density at radius 1 is 1.03 bits per heavy atom. The number of phenolic OH excluding ortho intramolecular Hbond substituents is 2. The monoisotopic (exact) mass is 479 g/mol. The number of benzene rings is 2. The third-order valence-electron chi connectivity index (χ3n) is 6.10. The molecule has 1 fully saturated rings. The van der Waals surface area contributed by atoms with Crippen LogP contribution in [0.4, 0.5) is 17.6 Å². The summed E-state index contributed by atoms with van der Waals surface area (Å²) < 4.78 is 61.8. The maximum absolute atomic E-state index is 14.2. The highest BCUT2D eigenvalue weighted by molar-refractivity contribution is 5.89. The largest absolute Gasteiger partial charge is 0.507 e. The SMILES string of the molecule is Cc1c(F)c(F)c(/C=C/c2cc(=O)c3c(O)cc(O)c(C4CCN(C)CC4O)c3o2)c(F)c1F. The van der Waals surface area contributed by atoms with Crippen LogP contribution in [-0.2, 0) is 0 Å². The van der Waals surface area contributed by atoms with Crippen LogP contribution < -0.4 is 5.43 Å². The topological polar surface area (TPSA) is 94.1 Å². The Kier molecular flexibility index (Phi) is 6.13. The third kappa shape index (κ3) is 3.92. The van der Waals surface area contributed by atoms with Crippen molar-refractivity contribution in [1.29, 1.82) is 0 Å². The second kappa shape index (κ2) is 8.77. The molecule has 10 heteroatoms. The predicted molar refractivity (Wildman–Crippen MR) is 117 cm³/mol. The van der Waals surface area contributed by atoms with Crippen LogP contribution in [0.15, 0.2) is 21.3 Å². The summed E-state index contributed by atoms with van der Waals surface area (Å²) >= 11 is 0. The Morgan fingerprint density at radius 3 is 2.29 bits per heavy atom. The van der Waals surface area contributed by atoms with Gasteiger partial charge in [0.15, 0.2) is 28.7 Å². The molecule has 1 aliphatic rings. The van der Waals surface area contributed by atoms with E-state index in [9.17, 15) is 37.7 Å². The molecule has 0 bridgehead atoms. The number of aliphatic hydroxyl groups excluding tert-OH is 1. The Labute approximate surface area is 191 Å². The summed E-state index contributed by atoms with van der Waals surface area (Å²) in [5.41, 5.74) is -2.65. The van der Waals surface area contributed by atoms with Gasteiger partial charge in [-0.05, 0) is 39.1 Å². The van der Waals surface area contributed by atoms with Crippen molar-refractivity contribution < 1.29 is 37.3 Å². The van der Waals surface area contributed by atoms with Crippen LogP contribution in [-0.4, -0.2) is 46.5 Å². The van der Waals surface area contributed by atoms with Crippen molar-refractivity contribution in [1.82, 2.24) is 4.90 Å². The lowest BCUT2D eigenvalue weighted by atomic mass is 9.85. The number of hydrogen-bond acceptors (Lipinski definition) is 6. The molecule has 3 N–H and O–H groups in total. The number of phenols is 2. The van der Waals surface area contributed by atoms with Gasteiger partial charge >= 0.3 is 0 Å². The van der Waals surface area contributed by atoms with Gasteiger partial charge in [0.2, 0.25) is 0 Å². The average molecular weight is 479 g/mol. The number of fused-ring (bicyclic) bond motifs is 1. The van der Waals surface area contributed by atoms with Gasteiger partial charge in [0.25, 0.3) is 0 Å². The molecular weight excluding hydrogens is 458 g/mol. The second-order valence-electron chi connectivity index (χ2n) is 8.40. The van der Waals surface area contributed by atoms with Crippen LogP contribution >= 0.6 is 0 Å². The standard InChI is InChI=1S/C24H21F4NO5/c1-10-20(25)22(27)13(23(28)21(10)26)4-3-11-7-14(30)19-16(32)8-15(31)18(24(19)34-11)12-5-6-29(2)9-17(12)33/h3-4,7-8,12,17,31-33H,5-6,9H2,1-2H3/b4-3+. The van der Waals surface area contributed by atoms with Gasteiger partial charge in [-0.1, -0.05) is 0 Å². The molecule has 6 nitrogen and oxygen atoms in total. The lowest BCUT2D eigenvalue weighted by Crippen LogP contribution is -2.40. The first-order chi connectivity index (χ1) is 16.0. The predicted octanol–water partition coefficient (Wildman–Crippen LogP) is 4.02. The van der Waals surface area contributed by atoms with E-state index < -0.39 is 63.3 Å². The summed E-state index contributed by atoms with van der Waals surface area (Å²) in [5, 5.41) is 31.1. The number of likely N-dealkylation sites (tertiary alicyclic amines) is 1. The van der Waals surface area contributed by atoms with Crippen LogP contribution in [0.1, 0.15) is 34.8 Å². The molecule has 34 heavy (non-hydrogen) atoms. The number of nitrogens with zero attached hydrogens (tertiary/aromatic N) is 1. The summed E-state index contributed by atoms with van der Waals surface area (Å²) in [6.07, 6.45) is 1.15. The first-order valence-corrected chi connectivity index (χ1v) is 10.4. The van der Waals surface area contributed by atoms with Gasteiger partial charge in [0.05, 0.1) is 11.7 Å². The highest BCUT2D eigenvalue weighted by Crippen LogP contribution is 2.42. The molecule has 0 radical (unpaired) electrons. The normalized spacial score (nSPS) is 19.4. The Balaban J connectivity index is 1.88. The van der Waals surface area contributed by atoms with E-state index in [2.05, 4.69) is 0 Å². The zero-order valence-corrected chi connectivity index (χ0v) is 18.2. The molecule has 4 rings (SSSR count). The number of piperidine rings is 1. The van der Waals surface area contributed by atoms with Crippen molar-refractivity contribution in [2.75, 3.05) is 20.1 Å². The summed E-state index contributed by atoms with van der Waals surface area (Å²) in [6.45, 7) is 1.76. The third-order valence-corrected chi connectivity index (χ3v) is 6.10. The summed E-state index contributed by atoms with van der Waals surface area (Å²) in [7, 11) is 1.81. The van der Waals surface area contributed by atoms with E-state index >= 15 is 0 Å². The maximum atomic E-state index is 14.2.